The number of Topliss-reactive ketones (excluding diaryl/α,β-unsaturated/α-hetero) is 1. The fourth-order valence-corrected chi connectivity index (χ4v) is 0.558. The lowest BCUT2D eigenvalue weighted by Crippen LogP contribution is -2.29. The quantitative estimate of drug-likeness (QED) is 0.729. The van der Waals surface area contributed by atoms with Gasteiger partial charge < -0.3 is 10.8 Å². The summed E-state index contributed by atoms with van der Waals surface area (Å²) in [6.45, 7) is 10.2. The third-order valence-electron chi connectivity index (χ3n) is 1.52. The molecule has 3 heteroatoms. The molecule has 14 heavy (non-hydrogen) atoms. The molecule has 0 saturated carbocycles. The first-order chi connectivity index (χ1) is 6.27. The number of hydrogen-bond acceptors (Lipinski definition) is 3. The van der Waals surface area contributed by atoms with Gasteiger partial charge in [-0.25, -0.2) is 0 Å². The smallest absolute Gasteiger partial charge is 0.142 e. The van der Waals surface area contributed by atoms with Crippen molar-refractivity contribution in [2.24, 2.45) is 17.1 Å². The second-order valence-corrected chi connectivity index (χ2v) is 4.74. The van der Waals surface area contributed by atoms with Gasteiger partial charge in [0, 0.05) is 11.8 Å². The van der Waals surface area contributed by atoms with E-state index in [1.807, 2.05) is 0 Å². The molecule has 3 N–H and O–H groups in total. The minimum Gasteiger partial charge on any atom is -0.395 e. The van der Waals surface area contributed by atoms with Crippen LogP contribution in [0.2, 0.25) is 0 Å². The summed E-state index contributed by atoms with van der Waals surface area (Å²) in [4.78, 5) is 11.1. The molecule has 0 aromatic carbocycles. The van der Waals surface area contributed by atoms with Gasteiger partial charge in [0.15, 0.2) is 0 Å². The van der Waals surface area contributed by atoms with Crippen LogP contribution in [0.3, 0.4) is 0 Å². The number of rotatable bonds is 4. The number of nitrogens with two attached hydrogens (primary N) is 1. The Morgan fingerprint density at radius 3 is 1.93 bits per heavy atom. The molecule has 0 unspecified atom stereocenters. The minimum atomic E-state index is -0.612. The summed E-state index contributed by atoms with van der Waals surface area (Å²) >= 11 is 0. The topological polar surface area (TPSA) is 63.3 Å². The summed E-state index contributed by atoms with van der Waals surface area (Å²) in [5, 5.41) is 8.73. The summed E-state index contributed by atoms with van der Waals surface area (Å²) in [5.74, 6) is 0.859. The average Bonchev–Trinajstić information content (AvgIpc) is 2.04. The van der Waals surface area contributed by atoms with Gasteiger partial charge >= 0.3 is 0 Å². The van der Waals surface area contributed by atoms with Crippen molar-refractivity contribution in [2.45, 2.75) is 41.0 Å². The van der Waals surface area contributed by atoms with Gasteiger partial charge in [-0.15, -0.1) is 0 Å². The SMILES string of the molecule is CC(C)(CO)C(=O)CCN.CC(C)C. The molecule has 0 bridgehead atoms. The molecule has 0 rings (SSSR count). The Balaban J connectivity index is 0. The maximum atomic E-state index is 11.1. The molecule has 0 spiro atoms. The second kappa shape index (κ2) is 7.94. The highest BCUT2D eigenvalue weighted by Gasteiger charge is 2.24. The van der Waals surface area contributed by atoms with Crippen LogP contribution in [0.5, 0.6) is 0 Å². The lowest BCUT2D eigenvalue weighted by Gasteiger charge is -2.18. The molecule has 3 nitrogen and oxygen atoms in total. The van der Waals surface area contributed by atoms with E-state index in [9.17, 15) is 4.79 Å². The van der Waals surface area contributed by atoms with Crippen LogP contribution >= 0.6 is 0 Å². The number of carbonyl (C=O) groups is 1. The molecule has 0 amide bonds. The van der Waals surface area contributed by atoms with E-state index in [4.69, 9.17) is 10.8 Å². The molecule has 0 aromatic rings. The molecule has 0 aromatic heterocycles. The standard InChI is InChI=1S/C7H15NO2.C4H10/c1-7(2,5-9)6(10)3-4-8;1-4(2)3/h9H,3-5,8H2,1-2H3;4H,1-3H3. The van der Waals surface area contributed by atoms with Crippen LogP contribution in [0.1, 0.15) is 41.0 Å². The predicted molar refractivity (Wildman–Crippen MR) is 60.1 cm³/mol. The van der Waals surface area contributed by atoms with Gasteiger partial charge in [-0.1, -0.05) is 34.6 Å². The first-order valence-corrected chi connectivity index (χ1v) is 5.12. The number of aliphatic hydroxyl groups is 1. The number of aliphatic hydroxyl groups excluding tert-OH is 1. The minimum absolute atomic E-state index is 0.0255. The Labute approximate surface area is 87.7 Å². The van der Waals surface area contributed by atoms with Gasteiger partial charge in [0.05, 0.1) is 6.61 Å². The van der Waals surface area contributed by atoms with Gasteiger partial charge in [0.1, 0.15) is 5.78 Å². The maximum absolute atomic E-state index is 11.1. The van der Waals surface area contributed by atoms with Gasteiger partial charge in [0.25, 0.3) is 0 Å². The van der Waals surface area contributed by atoms with Crippen molar-refractivity contribution >= 4 is 5.78 Å². The molecule has 0 fully saturated rings. The van der Waals surface area contributed by atoms with Crippen LogP contribution in [0.15, 0.2) is 0 Å². The zero-order valence-corrected chi connectivity index (χ0v) is 10.1. The molecule has 0 aliphatic carbocycles. The highest BCUT2D eigenvalue weighted by Crippen LogP contribution is 2.16. The normalized spacial score (nSPS) is 10.9. The van der Waals surface area contributed by atoms with Crippen molar-refractivity contribution in [1.29, 1.82) is 0 Å². The number of hydrogen-bond donors (Lipinski definition) is 2. The van der Waals surface area contributed by atoms with Crippen molar-refractivity contribution in [3.8, 4) is 0 Å². The molecule has 0 aliphatic heterocycles. The van der Waals surface area contributed by atoms with E-state index < -0.39 is 5.41 Å². The van der Waals surface area contributed by atoms with Gasteiger partial charge in [-0.3, -0.25) is 4.79 Å². The van der Waals surface area contributed by atoms with Crippen LogP contribution in [0, 0.1) is 11.3 Å². The Bertz CT molecular complexity index is 151. The summed E-state index contributed by atoms with van der Waals surface area (Å²) in [6, 6.07) is 0. The lowest BCUT2D eigenvalue weighted by molar-refractivity contribution is -0.128. The van der Waals surface area contributed by atoms with E-state index in [1.54, 1.807) is 13.8 Å². The van der Waals surface area contributed by atoms with Crippen LogP contribution in [0.4, 0.5) is 0 Å². The van der Waals surface area contributed by atoms with Crippen LogP contribution in [0.25, 0.3) is 0 Å². The molecule has 86 valence electrons. The molecule has 0 radical (unpaired) electrons. The highest BCUT2D eigenvalue weighted by atomic mass is 16.3. The lowest BCUT2D eigenvalue weighted by atomic mass is 9.87. The first-order valence-electron chi connectivity index (χ1n) is 5.12. The zero-order valence-electron chi connectivity index (χ0n) is 10.1. The molecular formula is C11H25NO2. The van der Waals surface area contributed by atoms with Crippen LogP contribution < -0.4 is 5.73 Å². The van der Waals surface area contributed by atoms with Crippen molar-refractivity contribution in [3.63, 3.8) is 0 Å². The highest BCUT2D eigenvalue weighted by molar-refractivity contribution is 5.84. The van der Waals surface area contributed by atoms with E-state index >= 15 is 0 Å². The average molecular weight is 203 g/mol. The third-order valence-corrected chi connectivity index (χ3v) is 1.52. The molecule has 0 aliphatic rings. The zero-order chi connectivity index (χ0) is 11.8. The van der Waals surface area contributed by atoms with E-state index in [-0.39, 0.29) is 12.4 Å². The first kappa shape index (κ1) is 16.0. The molecule has 0 saturated heterocycles. The van der Waals surface area contributed by atoms with Crippen molar-refractivity contribution in [2.75, 3.05) is 13.2 Å². The van der Waals surface area contributed by atoms with E-state index in [2.05, 4.69) is 20.8 Å². The van der Waals surface area contributed by atoms with Crippen molar-refractivity contribution in [3.05, 3.63) is 0 Å². The summed E-state index contributed by atoms with van der Waals surface area (Å²) in [7, 11) is 0. The van der Waals surface area contributed by atoms with Crippen molar-refractivity contribution < 1.29 is 9.90 Å². The van der Waals surface area contributed by atoms with Crippen LogP contribution in [-0.2, 0) is 4.79 Å². The molecular weight excluding hydrogens is 178 g/mol. The monoisotopic (exact) mass is 203 g/mol. The van der Waals surface area contributed by atoms with Gasteiger partial charge in [-0.05, 0) is 12.5 Å². The number of carbonyl (C=O) groups excluding carboxylic acids is 1. The fraction of sp³-hybridized carbons (Fsp3) is 0.909. The Hall–Kier alpha value is -0.410. The molecule has 0 heterocycles. The summed E-state index contributed by atoms with van der Waals surface area (Å²) in [5.41, 5.74) is 4.57. The fourth-order valence-electron chi connectivity index (χ4n) is 0.558. The Kier molecular flexibility index (Phi) is 9.10. The Morgan fingerprint density at radius 2 is 1.71 bits per heavy atom. The van der Waals surface area contributed by atoms with Gasteiger partial charge in [0.2, 0.25) is 0 Å². The van der Waals surface area contributed by atoms with E-state index in [0.717, 1.165) is 5.92 Å². The van der Waals surface area contributed by atoms with E-state index in [0.29, 0.717) is 13.0 Å². The van der Waals surface area contributed by atoms with E-state index in [1.165, 1.54) is 0 Å². The van der Waals surface area contributed by atoms with Crippen molar-refractivity contribution in [1.82, 2.24) is 0 Å². The van der Waals surface area contributed by atoms with Crippen LogP contribution in [-0.4, -0.2) is 24.0 Å². The predicted octanol–water partition coefficient (Wildman–Crippen LogP) is 1.59. The van der Waals surface area contributed by atoms with Gasteiger partial charge in [-0.2, -0.15) is 0 Å². The Morgan fingerprint density at radius 1 is 1.36 bits per heavy atom. The second-order valence-electron chi connectivity index (χ2n) is 4.74. The number of ketones is 1. The summed E-state index contributed by atoms with van der Waals surface area (Å²) < 4.78 is 0. The molecule has 0 atom stereocenters. The maximum Gasteiger partial charge on any atom is 0.142 e. The largest absolute Gasteiger partial charge is 0.395 e. The summed E-state index contributed by atoms with van der Waals surface area (Å²) in [6.07, 6.45) is 0.355. The third kappa shape index (κ3) is 9.68.